The van der Waals surface area contributed by atoms with E-state index < -0.39 is 0 Å². The number of aromatic nitrogens is 1. The topological polar surface area (TPSA) is 55.8 Å². The van der Waals surface area contributed by atoms with Crippen molar-refractivity contribution in [1.82, 2.24) is 4.98 Å². The molecule has 1 aliphatic rings. The van der Waals surface area contributed by atoms with Gasteiger partial charge >= 0.3 is 0 Å². The van der Waals surface area contributed by atoms with Crippen molar-refractivity contribution in [3.8, 4) is 11.5 Å². The third kappa shape index (κ3) is 3.13. The summed E-state index contributed by atoms with van der Waals surface area (Å²) in [4.78, 5) is 18.0. The smallest absolute Gasteiger partial charge is 0.198 e. The number of nitrogens with one attached hydrogen (secondary N) is 2. The Kier molecular flexibility index (Phi) is 4.81. The quantitative estimate of drug-likeness (QED) is 0.896. The molecule has 2 N–H and O–H groups in total. The van der Waals surface area contributed by atoms with Crippen LogP contribution in [0, 0.1) is 12.8 Å². The molecule has 2 aromatic rings. The van der Waals surface area contributed by atoms with E-state index in [-0.39, 0.29) is 5.43 Å². The molecule has 2 heterocycles. The lowest BCUT2D eigenvalue weighted by molar-refractivity contribution is -0.922. The normalized spacial score (nSPS) is 21.0. The van der Waals surface area contributed by atoms with Gasteiger partial charge in [-0.2, -0.15) is 0 Å². The van der Waals surface area contributed by atoms with Crippen LogP contribution in [0.1, 0.15) is 31.0 Å². The number of aryl methyl sites for hydroxylation is 1. The molecule has 130 valence electrons. The van der Waals surface area contributed by atoms with Gasteiger partial charge in [-0.3, -0.25) is 4.79 Å². The number of hydrogen-bond donors (Lipinski definition) is 2. The average molecular weight is 331 g/mol. The number of likely N-dealkylation sites (tertiary alicyclic amines) is 1. The molecule has 1 fully saturated rings. The van der Waals surface area contributed by atoms with Gasteiger partial charge in [0.25, 0.3) is 0 Å². The van der Waals surface area contributed by atoms with Gasteiger partial charge in [0, 0.05) is 17.7 Å². The molecule has 5 heteroatoms. The SMILES string of the molecule is COc1cc(OC)c2[nH]c(C)c(C[NH+]3CCC[C@@H](C)C3)c(=O)c2c1. The molecule has 1 aromatic heterocycles. The molecule has 2 atom stereocenters. The summed E-state index contributed by atoms with van der Waals surface area (Å²) in [7, 11) is 3.21. The van der Waals surface area contributed by atoms with Crippen LogP contribution in [0.2, 0.25) is 0 Å². The first-order valence-electron chi connectivity index (χ1n) is 8.64. The molecular weight excluding hydrogens is 304 g/mol. The number of hydrogen-bond acceptors (Lipinski definition) is 3. The number of quaternary nitrogens is 1. The average Bonchev–Trinajstić information content (AvgIpc) is 2.58. The predicted octanol–water partition coefficient (Wildman–Crippen LogP) is 1.67. The van der Waals surface area contributed by atoms with Crippen LogP contribution in [-0.4, -0.2) is 32.3 Å². The summed E-state index contributed by atoms with van der Waals surface area (Å²) in [6.07, 6.45) is 2.54. The monoisotopic (exact) mass is 331 g/mol. The maximum atomic E-state index is 13.1. The third-order valence-corrected chi connectivity index (χ3v) is 5.11. The summed E-state index contributed by atoms with van der Waals surface area (Å²) in [5.74, 6) is 2.00. The Morgan fingerprint density at radius 1 is 1.29 bits per heavy atom. The second-order valence-electron chi connectivity index (χ2n) is 6.94. The van der Waals surface area contributed by atoms with E-state index in [1.807, 2.05) is 6.92 Å². The second kappa shape index (κ2) is 6.85. The van der Waals surface area contributed by atoms with Gasteiger partial charge in [0.1, 0.15) is 18.0 Å². The molecule has 1 unspecified atom stereocenters. The number of rotatable bonds is 4. The molecule has 0 amide bonds. The Morgan fingerprint density at radius 3 is 2.75 bits per heavy atom. The van der Waals surface area contributed by atoms with Crippen LogP contribution in [0.3, 0.4) is 0 Å². The third-order valence-electron chi connectivity index (χ3n) is 5.11. The van der Waals surface area contributed by atoms with E-state index in [1.165, 1.54) is 17.7 Å². The predicted molar refractivity (Wildman–Crippen MR) is 95.2 cm³/mol. The first-order valence-corrected chi connectivity index (χ1v) is 8.64. The van der Waals surface area contributed by atoms with Crippen molar-refractivity contribution >= 4 is 10.9 Å². The minimum Gasteiger partial charge on any atom is -0.497 e. The molecule has 5 nitrogen and oxygen atoms in total. The van der Waals surface area contributed by atoms with E-state index in [2.05, 4.69) is 11.9 Å². The van der Waals surface area contributed by atoms with Crippen molar-refractivity contribution in [2.24, 2.45) is 5.92 Å². The van der Waals surface area contributed by atoms with Gasteiger partial charge in [-0.15, -0.1) is 0 Å². The highest BCUT2D eigenvalue weighted by atomic mass is 16.5. The number of fused-ring (bicyclic) bond motifs is 1. The van der Waals surface area contributed by atoms with Gasteiger partial charge in [-0.05, 0) is 25.8 Å². The number of H-pyrrole nitrogens is 1. The summed E-state index contributed by atoms with van der Waals surface area (Å²) in [6, 6.07) is 3.60. The van der Waals surface area contributed by atoms with E-state index in [9.17, 15) is 4.79 Å². The van der Waals surface area contributed by atoms with Gasteiger partial charge in [0.05, 0.1) is 43.8 Å². The Bertz CT molecular complexity index is 797. The Hall–Kier alpha value is -2.01. The summed E-state index contributed by atoms with van der Waals surface area (Å²) >= 11 is 0. The molecule has 0 bridgehead atoms. The van der Waals surface area contributed by atoms with E-state index in [4.69, 9.17) is 9.47 Å². The fraction of sp³-hybridized carbons (Fsp3) is 0.526. The van der Waals surface area contributed by atoms with Crippen molar-refractivity contribution in [3.05, 3.63) is 33.6 Å². The fourth-order valence-electron chi connectivity index (χ4n) is 3.79. The van der Waals surface area contributed by atoms with Gasteiger partial charge < -0.3 is 19.4 Å². The van der Waals surface area contributed by atoms with Crippen LogP contribution in [0.4, 0.5) is 0 Å². The lowest BCUT2D eigenvalue weighted by atomic mass is 9.99. The fourth-order valence-corrected chi connectivity index (χ4v) is 3.79. The number of aromatic amines is 1. The first kappa shape index (κ1) is 16.8. The standard InChI is InChI=1S/C19H26N2O3/c1-12-6-5-7-21(10-12)11-16-13(2)20-18-15(19(16)22)8-14(23-3)9-17(18)24-4/h8-9,12H,5-7,10-11H2,1-4H3,(H,20,22)/p+1/t12-/m1/s1. The maximum absolute atomic E-state index is 13.1. The molecule has 3 rings (SSSR count). The zero-order chi connectivity index (χ0) is 17.3. The van der Waals surface area contributed by atoms with Crippen molar-refractivity contribution in [2.75, 3.05) is 27.3 Å². The number of pyridine rings is 1. The van der Waals surface area contributed by atoms with Crippen molar-refractivity contribution in [1.29, 1.82) is 0 Å². The number of benzene rings is 1. The zero-order valence-corrected chi connectivity index (χ0v) is 15.0. The van der Waals surface area contributed by atoms with Gasteiger partial charge in [-0.25, -0.2) is 0 Å². The largest absolute Gasteiger partial charge is 0.497 e. The molecule has 24 heavy (non-hydrogen) atoms. The molecule has 0 aliphatic carbocycles. The maximum Gasteiger partial charge on any atom is 0.198 e. The molecule has 0 spiro atoms. The lowest BCUT2D eigenvalue weighted by Crippen LogP contribution is -3.12. The van der Waals surface area contributed by atoms with Crippen LogP contribution in [0.5, 0.6) is 11.5 Å². The first-order chi connectivity index (χ1) is 11.5. The number of ether oxygens (including phenoxy) is 2. The van der Waals surface area contributed by atoms with Gasteiger partial charge in [0.15, 0.2) is 5.43 Å². The number of methoxy groups -OCH3 is 2. The molecule has 0 radical (unpaired) electrons. The zero-order valence-electron chi connectivity index (χ0n) is 15.0. The molecule has 1 aromatic carbocycles. The molecule has 1 saturated heterocycles. The summed E-state index contributed by atoms with van der Waals surface area (Å²) < 4.78 is 10.7. The molecule has 0 saturated carbocycles. The van der Waals surface area contributed by atoms with Crippen LogP contribution >= 0.6 is 0 Å². The van der Waals surface area contributed by atoms with Crippen molar-refractivity contribution < 1.29 is 14.4 Å². The van der Waals surface area contributed by atoms with Gasteiger partial charge in [-0.1, -0.05) is 6.92 Å². The Balaban J connectivity index is 2.07. The van der Waals surface area contributed by atoms with E-state index >= 15 is 0 Å². The highest BCUT2D eigenvalue weighted by Crippen LogP contribution is 2.28. The van der Waals surface area contributed by atoms with Crippen LogP contribution < -0.4 is 19.8 Å². The van der Waals surface area contributed by atoms with Crippen molar-refractivity contribution in [3.63, 3.8) is 0 Å². The molecular formula is C19H27N2O3+. The highest BCUT2D eigenvalue weighted by molar-refractivity contribution is 5.86. The van der Waals surface area contributed by atoms with E-state index in [1.54, 1.807) is 26.4 Å². The Morgan fingerprint density at radius 2 is 2.08 bits per heavy atom. The molecule has 1 aliphatic heterocycles. The van der Waals surface area contributed by atoms with Gasteiger partial charge in [0.2, 0.25) is 0 Å². The Labute approximate surface area is 142 Å². The minimum atomic E-state index is 0.0872. The summed E-state index contributed by atoms with van der Waals surface area (Å²) in [5.41, 5.74) is 2.64. The van der Waals surface area contributed by atoms with E-state index in [0.29, 0.717) is 16.9 Å². The number of piperidine rings is 1. The van der Waals surface area contributed by atoms with Crippen LogP contribution in [0.25, 0.3) is 10.9 Å². The summed E-state index contributed by atoms with van der Waals surface area (Å²) in [5, 5.41) is 0.635. The summed E-state index contributed by atoms with van der Waals surface area (Å²) in [6.45, 7) is 7.33. The highest BCUT2D eigenvalue weighted by Gasteiger charge is 2.23. The van der Waals surface area contributed by atoms with E-state index in [0.717, 1.165) is 42.3 Å². The van der Waals surface area contributed by atoms with Crippen LogP contribution in [-0.2, 0) is 6.54 Å². The second-order valence-corrected chi connectivity index (χ2v) is 6.94. The lowest BCUT2D eigenvalue weighted by Gasteiger charge is -2.28. The van der Waals surface area contributed by atoms with Crippen LogP contribution in [0.15, 0.2) is 16.9 Å². The van der Waals surface area contributed by atoms with Crippen molar-refractivity contribution in [2.45, 2.75) is 33.2 Å². The minimum absolute atomic E-state index is 0.0872.